The Balaban J connectivity index is 2.10. The molecule has 2 N–H and O–H groups in total. The molecule has 3 nitrogen and oxygen atoms in total. The van der Waals surface area contributed by atoms with Crippen molar-refractivity contribution in [3.63, 3.8) is 0 Å². The monoisotopic (exact) mass is 252 g/mol. The van der Waals surface area contributed by atoms with E-state index in [0.717, 1.165) is 26.2 Å². The van der Waals surface area contributed by atoms with Gasteiger partial charge in [-0.3, -0.25) is 4.90 Å². The lowest BCUT2D eigenvalue weighted by molar-refractivity contribution is 0.111. The van der Waals surface area contributed by atoms with Gasteiger partial charge >= 0.3 is 0 Å². The van der Waals surface area contributed by atoms with Gasteiger partial charge in [0.15, 0.2) is 0 Å². The van der Waals surface area contributed by atoms with Crippen molar-refractivity contribution in [2.45, 2.75) is 10.9 Å². The van der Waals surface area contributed by atoms with Crippen LogP contribution in [0.2, 0.25) is 0 Å². The molecule has 0 spiro atoms. The molecule has 0 unspecified atom stereocenters. The number of nitrogens with one attached hydrogen (secondary N) is 1. The minimum Gasteiger partial charge on any atom is -0.394 e. The smallest absolute Gasteiger partial charge is 0.0628 e. The lowest BCUT2D eigenvalue weighted by Gasteiger charge is -2.34. The normalized spacial score (nSPS) is 19.2. The lowest BCUT2D eigenvalue weighted by atomic mass is 10.1. The van der Waals surface area contributed by atoms with Gasteiger partial charge in [-0.1, -0.05) is 12.1 Å². The van der Waals surface area contributed by atoms with Crippen LogP contribution in [0.4, 0.5) is 0 Å². The molecule has 1 fully saturated rings. The molecule has 4 heteroatoms. The van der Waals surface area contributed by atoms with Crippen molar-refractivity contribution in [1.82, 2.24) is 10.2 Å². The highest BCUT2D eigenvalue weighted by Gasteiger charge is 2.21. The van der Waals surface area contributed by atoms with Crippen molar-refractivity contribution < 1.29 is 5.11 Å². The number of piperazine rings is 1. The van der Waals surface area contributed by atoms with Crippen molar-refractivity contribution >= 4 is 11.8 Å². The van der Waals surface area contributed by atoms with Gasteiger partial charge in [-0.15, -0.1) is 11.8 Å². The van der Waals surface area contributed by atoms with Crippen LogP contribution >= 0.6 is 11.8 Å². The summed E-state index contributed by atoms with van der Waals surface area (Å²) in [4.78, 5) is 3.62. The van der Waals surface area contributed by atoms with E-state index in [0.29, 0.717) is 0 Å². The van der Waals surface area contributed by atoms with Gasteiger partial charge in [-0.2, -0.15) is 0 Å². The quantitative estimate of drug-likeness (QED) is 0.793. The summed E-state index contributed by atoms with van der Waals surface area (Å²) in [5, 5.41) is 12.9. The first kappa shape index (κ1) is 12.9. The first-order chi connectivity index (χ1) is 8.35. The van der Waals surface area contributed by atoms with Crippen LogP contribution < -0.4 is 5.32 Å². The molecule has 0 aromatic heterocycles. The van der Waals surface area contributed by atoms with Crippen LogP contribution in [0.25, 0.3) is 0 Å². The number of nitrogens with zero attached hydrogens (tertiary/aromatic N) is 1. The fourth-order valence-electron chi connectivity index (χ4n) is 2.25. The van der Waals surface area contributed by atoms with Gasteiger partial charge in [-0.25, -0.2) is 0 Å². The number of benzene rings is 1. The summed E-state index contributed by atoms with van der Waals surface area (Å²) >= 11 is 1.75. The first-order valence-corrected chi connectivity index (χ1v) is 7.27. The standard InChI is InChI=1S/C13H20N2OS/c1-17-12-4-2-11(3-5-12)13(10-16)15-8-6-14-7-9-15/h2-5,13-14,16H,6-10H2,1H3/t13-/m0/s1. The molecule has 1 saturated heterocycles. The van der Waals surface area contributed by atoms with E-state index in [-0.39, 0.29) is 12.6 Å². The minimum atomic E-state index is 0.146. The van der Waals surface area contributed by atoms with Crippen LogP contribution in [0.1, 0.15) is 11.6 Å². The summed E-state index contributed by atoms with van der Waals surface area (Å²) in [5.74, 6) is 0. The third-order valence-corrected chi connectivity index (χ3v) is 4.01. The van der Waals surface area contributed by atoms with Crippen molar-refractivity contribution in [2.75, 3.05) is 39.0 Å². The van der Waals surface area contributed by atoms with Gasteiger partial charge in [0.25, 0.3) is 0 Å². The first-order valence-electron chi connectivity index (χ1n) is 6.04. The molecule has 0 amide bonds. The zero-order valence-corrected chi connectivity index (χ0v) is 11.0. The van der Waals surface area contributed by atoms with Crippen molar-refractivity contribution in [2.24, 2.45) is 0 Å². The van der Waals surface area contributed by atoms with Crippen LogP contribution in [0, 0.1) is 0 Å². The molecule has 1 aliphatic heterocycles. The van der Waals surface area contributed by atoms with E-state index in [9.17, 15) is 5.11 Å². The van der Waals surface area contributed by atoms with E-state index in [1.54, 1.807) is 11.8 Å². The van der Waals surface area contributed by atoms with Gasteiger partial charge in [0, 0.05) is 31.1 Å². The maximum absolute atomic E-state index is 9.59. The van der Waals surface area contributed by atoms with Gasteiger partial charge in [0.2, 0.25) is 0 Å². The summed E-state index contributed by atoms with van der Waals surface area (Å²) in [6.07, 6.45) is 2.08. The predicted molar refractivity (Wildman–Crippen MR) is 72.5 cm³/mol. The Kier molecular flexibility index (Phi) is 4.86. The molecule has 1 aromatic carbocycles. The number of hydrogen-bond donors (Lipinski definition) is 2. The average molecular weight is 252 g/mol. The van der Waals surface area contributed by atoms with Crippen LogP contribution in [-0.2, 0) is 0 Å². The minimum absolute atomic E-state index is 0.146. The number of thioether (sulfide) groups is 1. The molecule has 1 aliphatic rings. The molecule has 0 bridgehead atoms. The van der Waals surface area contributed by atoms with Crippen LogP contribution in [0.3, 0.4) is 0 Å². The predicted octanol–water partition coefficient (Wildman–Crippen LogP) is 1.35. The second-order valence-corrected chi connectivity index (χ2v) is 5.14. The van der Waals surface area contributed by atoms with Gasteiger partial charge in [0.1, 0.15) is 0 Å². The zero-order chi connectivity index (χ0) is 12.1. The van der Waals surface area contributed by atoms with Crippen molar-refractivity contribution in [3.05, 3.63) is 29.8 Å². The fourth-order valence-corrected chi connectivity index (χ4v) is 2.66. The molecule has 2 rings (SSSR count). The maximum atomic E-state index is 9.59. The fraction of sp³-hybridized carbons (Fsp3) is 0.538. The summed E-state index contributed by atoms with van der Waals surface area (Å²) in [7, 11) is 0. The molecule has 1 aromatic rings. The van der Waals surface area contributed by atoms with Crippen LogP contribution in [-0.4, -0.2) is 49.0 Å². The zero-order valence-electron chi connectivity index (χ0n) is 10.2. The van der Waals surface area contributed by atoms with Gasteiger partial charge in [0.05, 0.1) is 12.6 Å². The Hall–Kier alpha value is -0.550. The SMILES string of the molecule is CSc1ccc([C@H](CO)N2CCNCC2)cc1. The second kappa shape index (κ2) is 6.40. The summed E-state index contributed by atoms with van der Waals surface area (Å²) < 4.78 is 0. The van der Waals surface area contributed by atoms with Crippen molar-refractivity contribution in [3.8, 4) is 0 Å². The molecule has 0 saturated carbocycles. The lowest BCUT2D eigenvalue weighted by Crippen LogP contribution is -2.46. The maximum Gasteiger partial charge on any atom is 0.0628 e. The van der Waals surface area contributed by atoms with E-state index in [1.165, 1.54) is 10.5 Å². The second-order valence-electron chi connectivity index (χ2n) is 4.26. The van der Waals surface area contributed by atoms with Crippen LogP contribution in [0.5, 0.6) is 0 Å². The Labute approximate surface area is 107 Å². The molecule has 0 aliphatic carbocycles. The summed E-state index contributed by atoms with van der Waals surface area (Å²) in [6.45, 7) is 4.24. The number of hydrogen-bond acceptors (Lipinski definition) is 4. The summed E-state index contributed by atoms with van der Waals surface area (Å²) in [5.41, 5.74) is 1.22. The number of aliphatic hydroxyl groups excluding tert-OH is 1. The Bertz CT molecular complexity index is 336. The third-order valence-electron chi connectivity index (χ3n) is 3.27. The Morgan fingerprint density at radius 1 is 1.29 bits per heavy atom. The van der Waals surface area contributed by atoms with Crippen molar-refractivity contribution in [1.29, 1.82) is 0 Å². The van der Waals surface area contributed by atoms with Gasteiger partial charge in [-0.05, 0) is 24.0 Å². The van der Waals surface area contributed by atoms with E-state index in [2.05, 4.69) is 40.7 Å². The topological polar surface area (TPSA) is 35.5 Å². The highest BCUT2D eigenvalue weighted by Crippen LogP contribution is 2.23. The molecule has 1 heterocycles. The van der Waals surface area contributed by atoms with Crippen LogP contribution in [0.15, 0.2) is 29.2 Å². The molecule has 0 radical (unpaired) electrons. The third kappa shape index (κ3) is 3.22. The van der Waals surface area contributed by atoms with E-state index in [4.69, 9.17) is 0 Å². The number of rotatable bonds is 4. The Morgan fingerprint density at radius 2 is 1.94 bits per heavy atom. The van der Waals surface area contributed by atoms with E-state index >= 15 is 0 Å². The molecular weight excluding hydrogens is 232 g/mol. The summed E-state index contributed by atoms with van der Waals surface area (Å²) in [6, 6.07) is 8.67. The highest BCUT2D eigenvalue weighted by atomic mass is 32.2. The largest absolute Gasteiger partial charge is 0.394 e. The molecule has 94 valence electrons. The molecular formula is C13H20N2OS. The van der Waals surface area contributed by atoms with E-state index in [1.807, 2.05) is 0 Å². The highest BCUT2D eigenvalue weighted by molar-refractivity contribution is 7.98. The van der Waals surface area contributed by atoms with E-state index < -0.39 is 0 Å². The molecule has 17 heavy (non-hydrogen) atoms. The average Bonchev–Trinajstić information content (AvgIpc) is 2.42. The Morgan fingerprint density at radius 3 is 2.47 bits per heavy atom. The van der Waals surface area contributed by atoms with Gasteiger partial charge < -0.3 is 10.4 Å². The molecule has 1 atom stereocenters. The number of aliphatic hydroxyl groups is 1.